The van der Waals surface area contributed by atoms with Crippen LogP contribution in [0.4, 0.5) is 4.79 Å². The zero-order chi connectivity index (χ0) is 18.7. The highest BCUT2D eigenvalue weighted by Crippen LogP contribution is 2.32. The summed E-state index contributed by atoms with van der Waals surface area (Å²) in [5.74, 6) is -2.94. The van der Waals surface area contributed by atoms with Gasteiger partial charge in [0.1, 0.15) is 0 Å². The minimum atomic E-state index is -2.11. The van der Waals surface area contributed by atoms with Crippen LogP contribution in [0.25, 0.3) is 0 Å². The van der Waals surface area contributed by atoms with Crippen LogP contribution < -0.4 is 0 Å². The summed E-state index contributed by atoms with van der Waals surface area (Å²) in [6, 6.07) is 14.7. The van der Waals surface area contributed by atoms with Gasteiger partial charge in [0.15, 0.2) is 6.23 Å². The van der Waals surface area contributed by atoms with E-state index in [-0.39, 0.29) is 24.3 Å². The van der Waals surface area contributed by atoms with Gasteiger partial charge in [0.2, 0.25) is 5.79 Å². The molecule has 26 heavy (non-hydrogen) atoms. The number of aryl methyl sites for hydroxylation is 1. The number of rotatable bonds is 2. The van der Waals surface area contributed by atoms with Crippen LogP contribution in [0.1, 0.15) is 21.5 Å². The Labute approximate surface area is 150 Å². The molecule has 7 nitrogen and oxygen atoms in total. The number of esters is 1. The molecule has 1 heterocycles. The van der Waals surface area contributed by atoms with Crippen molar-refractivity contribution >= 4 is 12.1 Å². The number of benzene rings is 2. The number of amides is 1. The first kappa shape index (κ1) is 18.1. The molecule has 0 spiro atoms. The van der Waals surface area contributed by atoms with Gasteiger partial charge in [0.05, 0.1) is 18.7 Å². The van der Waals surface area contributed by atoms with Crippen molar-refractivity contribution in [3.05, 3.63) is 71.3 Å². The van der Waals surface area contributed by atoms with Gasteiger partial charge < -0.3 is 19.7 Å². The molecular weight excluding hydrogens is 338 g/mol. The van der Waals surface area contributed by atoms with Gasteiger partial charge in [-0.15, -0.1) is 0 Å². The Hall–Kier alpha value is -2.74. The lowest BCUT2D eigenvalue weighted by molar-refractivity contribution is -0.319. The number of aliphatic hydroxyl groups is 2. The fourth-order valence-electron chi connectivity index (χ4n) is 2.69. The van der Waals surface area contributed by atoms with E-state index in [0.29, 0.717) is 0 Å². The first-order valence-electron chi connectivity index (χ1n) is 8.11. The van der Waals surface area contributed by atoms with Crippen LogP contribution in [0.3, 0.4) is 0 Å². The number of carbonyl (C=O) groups excluding carboxylic acids is 2. The van der Waals surface area contributed by atoms with Gasteiger partial charge in [0, 0.05) is 5.56 Å². The van der Waals surface area contributed by atoms with Crippen molar-refractivity contribution in [2.75, 3.05) is 13.2 Å². The molecule has 136 valence electrons. The molecule has 2 aromatic carbocycles. The maximum Gasteiger partial charge on any atom is 0.420 e. The summed E-state index contributed by atoms with van der Waals surface area (Å²) in [6.07, 6.45) is -2.78. The molecule has 0 aromatic heterocycles. The average Bonchev–Trinajstić information content (AvgIpc) is 2.65. The molecule has 0 saturated carbocycles. The molecule has 0 bridgehead atoms. The molecule has 7 heteroatoms. The first-order valence-corrected chi connectivity index (χ1v) is 8.11. The lowest BCUT2D eigenvalue weighted by atomic mass is 10.0. The van der Waals surface area contributed by atoms with Crippen molar-refractivity contribution in [1.29, 1.82) is 0 Å². The summed E-state index contributed by atoms with van der Waals surface area (Å²) in [7, 11) is 0. The van der Waals surface area contributed by atoms with Gasteiger partial charge in [-0.3, -0.25) is 4.90 Å². The Morgan fingerprint density at radius 3 is 2.46 bits per heavy atom. The molecule has 3 rings (SSSR count). The molecule has 2 atom stereocenters. The Kier molecular flexibility index (Phi) is 5.03. The standard InChI is InChI=1S/C19H19NO6/c1-13-7-9-14(10-8-13)16(21)26-18(23)20-11-12-25-19(24,17(20)22)15-5-3-2-4-6-15/h2-10,17,22,24H,11-12H2,1H3. The zero-order valence-corrected chi connectivity index (χ0v) is 14.2. The van der Waals surface area contributed by atoms with E-state index in [2.05, 4.69) is 0 Å². The van der Waals surface area contributed by atoms with Gasteiger partial charge in [-0.05, 0) is 19.1 Å². The SMILES string of the molecule is Cc1ccc(C(=O)OC(=O)N2CCOC(O)(c3ccccc3)C2O)cc1. The van der Waals surface area contributed by atoms with Crippen LogP contribution in [-0.4, -0.2) is 46.6 Å². The maximum absolute atomic E-state index is 12.3. The number of carbonyl (C=O) groups is 2. The number of hydrogen-bond acceptors (Lipinski definition) is 6. The minimum absolute atomic E-state index is 0.0314. The highest BCUT2D eigenvalue weighted by Gasteiger charge is 2.48. The second kappa shape index (κ2) is 7.25. The summed E-state index contributed by atoms with van der Waals surface area (Å²) >= 11 is 0. The molecule has 1 aliphatic heterocycles. The molecule has 2 unspecified atom stereocenters. The second-order valence-electron chi connectivity index (χ2n) is 6.00. The first-order chi connectivity index (χ1) is 12.4. The zero-order valence-electron chi connectivity index (χ0n) is 14.2. The third kappa shape index (κ3) is 3.45. The van der Waals surface area contributed by atoms with E-state index in [4.69, 9.17) is 9.47 Å². The van der Waals surface area contributed by atoms with E-state index >= 15 is 0 Å². The summed E-state index contributed by atoms with van der Waals surface area (Å²) in [5, 5.41) is 21.2. The highest BCUT2D eigenvalue weighted by molar-refractivity contribution is 5.96. The van der Waals surface area contributed by atoms with E-state index in [1.165, 1.54) is 0 Å². The van der Waals surface area contributed by atoms with Crippen molar-refractivity contribution in [3.8, 4) is 0 Å². The number of aliphatic hydroxyl groups excluding tert-OH is 1. The molecule has 0 aliphatic carbocycles. The van der Waals surface area contributed by atoms with Crippen LogP contribution in [0.5, 0.6) is 0 Å². The fourth-order valence-corrected chi connectivity index (χ4v) is 2.69. The van der Waals surface area contributed by atoms with Crippen LogP contribution in [0.2, 0.25) is 0 Å². The summed E-state index contributed by atoms with van der Waals surface area (Å²) in [6.45, 7) is 1.81. The smallest absolute Gasteiger partial charge is 0.372 e. The van der Waals surface area contributed by atoms with Gasteiger partial charge >= 0.3 is 12.1 Å². The van der Waals surface area contributed by atoms with Crippen LogP contribution in [-0.2, 0) is 15.3 Å². The predicted octanol–water partition coefficient (Wildman–Crippen LogP) is 1.77. The van der Waals surface area contributed by atoms with Gasteiger partial charge in [-0.2, -0.15) is 0 Å². The molecule has 1 saturated heterocycles. The molecule has 0 radical (unpaired) electrons. The minimum Gasteiger partial charge on any atom is -0.372 e. The predicted molar refractivity (Wildman–Crippen MR) is 91.0 cm³/mol. The number of nitrogens with zero attached hydrogens (tertiary/aromatic N) is 1. The van der Waals surface area contributed by atoms with E-state index in [1.54, 1.807) is 54.6 Å². The third-order valence-electron chi connectivity index (χ3n) is 4.19. The Bertz CT molecular complexity index is 791. The normalized spacial score (nSPS) is 22.7. The molecule has 2 aromatic rings. The van der Waals surface area contributed by atoms with Crippen molar-refractivity contribution in [1.82, 2.24) is 4.90 Å². The lowest BCUT2D eigenvalue weighted by Gasteiger charge is -2.42. The van der Waals surface area contributed by atoms with E-state index in [9.17, 15) is 19.8 Å². The number of hydrogen-bond donors (Lipinski definition) is 2. The maximum atomic E-state index is 12.3. The van der Waals surface area contributed by atoms with Gasteiger partial charge in [-0.25, -0.2) is 9.59 Å². The number of ether oxygens (including phenoxy) is 2. The van der Waals surface area contributed by atoms with E-state index in [1.807, 2.05) is 6.92 Å². The van der Waals surface area contributed by atoms with Crippen molar-refractivity contribution in [2.45, 2.75) is 18.9 Å². The lowest BCUT2D eigenvalue weighted by Crippen LogP contribution is -2.59. The summed E-state index contributed by atoms with van der Waals surface area (Å²) < 4.78 is 10.2. The number of morpholine rings is 1. The molecule has 1 aliphatic rings. The quantitative estimate of drug-likeness (QED) is 0.628. The fraction of sp³-hybridized carbons (Fsp3) is 0.263. The molecular formula is C19H19NO6. The van der Waals surface area contributed by atoms with Crippen LogP contribution in [0.15, 0.2) is 54.6 Å². The Morgan fingerprint density at radius 1 is 1.15 bits per heavy atom. The summed E-state index contributed by atoms with van der Waals surface area (Å²) in [4.78, 5) is 25.3. The van der Waals surface area contributed by atoms with Gasteiger partial charge in [0.25, 0.3) is 0 Å². The largest absolute Gasteiger partial charge is 0.420 e. The third-order valence-corrected chi connectivity index (χ3v) is 4.19. The van der Waals surface area contributed by atoms with E-state index < -0.39 is 24.1 Å². The van der Waals surface area contributed by atoms with Crippen molar-refractivity contribution in [3.63, 3.8) is 0 Å². The summed E-state index contributed by atoms with van der Waals surface area (Å²) in [5.41, 5.74) is 1.46. The second-order valence-corrected chi connectivity index (χ2v) is 6.00. The topological polar surface area (TPSA) is 96.3 Å². The van der Waals surface area contributed by atoms with Crippen LogP contribution >= 0.6 is 0 Å². The highest BCUT2D eigenvalue weighted by atomic mass is 16.7. The van der Waals surface area contributed by atoms with E-state index in [0.717, 1.165) is 10.5 Å². The molecule has 2 N–H and O–H groups in total. The van der Waals surface area contributed by atoms with Gasteiger partial charge in [-0.1, -0.05) is 48.0 Å². The monoisotopic (exact) mass is 357 g/mol. The van der Waals surface area contributed by atoms with Crippen LogP contribution in [0, 0.1) is 6.92 Å². The van der Waals surface area contributed by atoms with Crippen molar-refractivity contribution in [2.24, 2.45) is 0 Å². The average molecular weight is 357 g/mol. The Balaban J connectivity index is 1.75. The Morgan fingerprint density at radius 2 is 1.81 bits per heavy atom. The molecule has 1 amide bonds. The van der Waals surface area contributed by atoms with Crippen molar-refractivity contribution < 1.29 is 29.3 Å². The molecule has 1 fully saturated rings.